The molecule has 19 heavy (non-hydrogen) atoms. The first-order valence-electron chi connectivity index (χ1n) is 5.17. The Hall–Kier alpha value is -0.820. The number of methoxy groups -OCH3 is 1. The lowest BCUT2D eigenvalue weighted by atomic mass is 10.2. The highest BCUT2D eigenvalue weighted by Gasteiger charge is 2.28. The van der Waals surface area contributed by atoms with Crippen LogP contribution in [0.25, 0.3) is 0 Å². The third-order valence-corrected chi connectivity index (χ3v) is 5.34. The van der Waals surface area contributed by atoms with Gasteiger partial charge in [-0.25, -0.2) is 13.2 Å². The zero-order valence-corrected chi connectivity index (χ0v) is 12.5. The summed E-state index contributed by atoms with van der Waals surface area (Å²) >= 11 is 11.6. The predicted molar refractivity (Wildman–Crippen MR) is 71.9 cm³/mol. The summed E-state index contributed by atoms with van der Waals surface area (Å²) in [4.78, 5) is 10.7. The molecule has 1 N–H and O–H groups in total. The van der Waals surface area contributed by atoms with Crippen molar-refractivity contribution in [2.24, 2.45) is 0 Å². The zero-order valence-electron chi connectivity index (χ0n) is 10.2. The van der Waals surface area contributed by atoms with Crippen molar-refractivity contribution >= 4 is 39.0 Å². The summed E-state index contributed by atoms with van der Waals surface area (Å²) < 4.78 is 29.3. The third kappa shape index (κ3) is 3.39. The molecule has 0 aliphatic heterocycles. The number of carboxylic acids is 1. The van der Waals surface area contributed by atoms with Crippen molar-refractivity contribution in [3.05, 3.63) is 27.7 Å². The van der Waals surface area contributed by atoms with Crippen molar-refractivity contribution < 1.29 is 23.1 Å². The lowest BCUT2D eigenvalue weighted by Crippen LogP contribution is -2.23. The van der Waals surface area contributed by atoms with Gasteiger partial charge in [0.15, 0.2) is 9.84 Å². The lowest BCUT2D eigenvalue weighted by Gasteiger charge is -2.14. The van der Waals surface area contributed by atoms with Crippen LogP contribution in [0.5, 0.6) is 0 Å². The first kappa shape index (κ1) is 16.2. The summed E-state index contributed by atoms with van der Waals surface area (Å²) in [5.74, 6) is -1.34. The number of halogens is 2. The van der Waals surface area contributed by atoms with Crippen molar-refractivity contribution in [3.63, 3.8) is 0 Å². The van der Waals surface area contributed by atoms with Gasteiger partial charge in [-0.15, -0.1) is 0 Å². The molecule has 1 aromatic rings. The van der Waals surface area contributed by atoms with Gasteiger partial charge in [0.05, 0.1) is 27.3 Å². The molecule has 0 heterocycles. The summed E-state index contributed by atoms with van der Waals surface area (Å²) in [7, 11) is -2.45. The Morgan fingerprint density at radius 1 is 1.42 bits per heavy atom. The fourth-order valence-electron chi connectivity index (χ4n) is 1.47. The molecular formula is C11H12Cl2O5S. The Balaban J connectivity index is 3.47. The minimum absolute atomic E-state index is 0.00927. The number of aromatic carboxylic acids is 1. The van der Waals surface area contributed by atoms with Gasteiger partial charge in [-0.05, 0) is 19.1 Å². The van der Waals surface area contributed by atoms with Gasteiger partial charge >= 0.3 is 5.97 Å². The molecule has 0 saturated carbocycles. The first-order chi connectivity index (χ1) is 8.71. The molecule has 0 saturated heterocycles. The molecule has 1 aromatic carbocycles. The van der Waals surface area contributed by atoms with Crippen LogP contribution in [-0.4, -0.2) is 38.5 Å². The van der Waals surface area contributed by atoms with Crippen molar-refractivity contribution in [3.8, 4) is 0 Å². The molecule has 8 heteroatoms. The van der Waals surface area contributed by atoms with Crippen LogP contribution >= 0.6 is 23.2 Å². The van der Waals surface area contributed by atoms with E-state index in [0.29, 0.717) is 0 Å². The Bertz CT molecular complexity index is 597. The monoisotopic (exact) mass is 326 g/mol. The molecule has 0 spiro atoms. The summed E-state index contributed by atoms with van der Waals surface area (Å²) in [5, 5.41) is 7.74. The fraction of sp³-hybridized carbons (Fsp3) is 0.364. The molecule has 0 fully saturated rings. The van der Waals surface area contributed by atoms with E-state index < -0.39 is 21.1 Å². The van der Waals surface area contributed by atoms with Gasteiger partial charge in [0, 0.05) is 12.1 Å². The average molecular weight is 327 g/mol. The maximum atomic E-state index is 12.3. The molecule has 106 valence electrons. The Morgan fingerprint density at radius 3 is 2.47 bits per heavy atom. The third-order valence-electron chi connectivity index (χ3n) is 2.47. The number of benzene rings is 1. The van der Waals surface area contributed by atoms with E-state index in [2.05, 4.69) is 0 Å². The summed E-state index contributed by atoms with van der Waals surface area (Å²) in [6.07, 6.45) is 0. The molecule has 0 amide bonds. The van der Waals surface area contributed by atoms with Crippen LogP contribution in [0.1, 0.15) is 17.3 Å². The summed E-state index contributed by atoms with van der Waals surface area (Å²) in [5.41, 5.74) is -0.350. The zero-order chi connectivity index (χ0) is 14.8. The van der Waals surface area contributed by atoms with E-state index in [1.165, 1.54) is 14.0 Å². The van der Waals surface area contributed by atoms with Crippen LogP contribution in [0.15, 0.2) is 17.0 Å². The van der Waals surface area contributed by atoms with E-state index in [1.54, 1.807) is 0 Å². The number of carboxylic acid groups (broad SMARTS) is 1. The molecule has 5 nitrogen and oxygen atoms in total. The number of hydrogen-bond donors (Lipinski definition) is 1. The van der Waals surface area contributed by atoms with Gasteiger partial charge in [0.2, 0.25) is 0 Å². The minimum atomic E-state index is -3.82. The Labute approximate surface area is 121 Å². The summed E-state index contributed by atoms with van der Waals surface area (Å²) in [6.45, 7) is 1.41. The van der Waals surface area contributed by atoms with E-state index in [9.17, 15) is 13.2 Å². The van der Waals surface area contributed by atoms with Crippen LogP contribution in [0.4, 0.5) is 0 Å². The maximum Gasteiger partial charge on any atom is 0.337 e. The second-order valence-electron chi connectivity index (χ2n) is 3.88. The van der Waals surface area contributed by atoms with E-state index in [1.807, 2.05) is 0 Å². The predicted octanol–water partition coefficient (Wildman–Crippen LogP) is 2.50. The van der Waals surface area contributed by atoms with E-state index in [0.717, 1.165) is 12.1 Å². The normalized spacial score (nSPS) is 13.3. The van der Waals surface area contributed by atoms with Crippen molar-refractivity contribution in [2.45, 2.75) is 17.1 Å². The number of ether oxygens (including phenoxy) is 1. The largest absolute Gasteiger partial charge is 0.478 e. The average Bonchev–Trinajstić information content (AvgIpc) is 2.31. The number of carbonyl (C=O) groups is 1. The molecule has 0 aliphatic rings. The molecule has 1 unspecified atom stereocenters. The molecule has 0 aromatic heterocycles. The lowest BCUT2D eigenvalue weighted by molar-refractivity contribution is 0.0697. The molecule has 1 atom stereocenters. The Kier molecular flexibility index (Phi) is 5.20. The van der Waals surface area contributed by atoms with Gasteiger partial charge < -0.3 is 9.84 Å². The van der Waals surface area contributed by atoms with Crippen LogP contribution in [0.3, 0.4) is 0 Å². The standard InChI is InChI=1S/C11H12Cl2O5S/c1-6(5-18-2)19(16,17)9-4-7(12)3-8(10(9)13)11(14)15/h3-4,6H,5H2,1-2H3,(H,14,15). The highest BCUT2D eigenvalue weighted by Crippen LogP contribution is 2.31. The van der Waals surface area contributed by atoms with Gasteiger partial charge in [0.1, 0.15) is 0 Å². The molecule has 0 aliphatic carbocycles. The second-order valence-corrected chi connectivity index (χ2v) is 7.03. The number of hydrogen-bond acceptors (Lipinski definition) is 4. The first-order valence-corrected chi connectivity index (χ1v) is 7.47. The van der Waals surface area contributed by atoms with Gasteiger partial charge in [-0.1, -0.05) is 23.2 Å². The van der Waals surface area contributed by atoms with E-state index >= 15 is 0 Å². The fourth-order valence-corrected chi connectivity index (χ4v) is 3.66. The van der Waals surface area contributed by atoms with Gasteiger partial charge in [0.25, 0.3) is 0 Å². The van der Waals surface area contributed by atoms with Crippen LogP contribution in [0.2, 0.25) is 10.0 Å². The number of rotatable bonds is 5. The van der Waals surface area contributed by atoms with Crippen molar-refractivity contribution in [1.29, 1.82) is 0 Å². The SMILES string of the molecule is COCC(C)S(=O)(=O)c1cc(Cl)cc(C(=O)O)c1Cl. The van der Waals surface area contributed by atoms with Gasteiger partial charge in [-0.2, -0.15) is 0 Å². The number of sulfone groups is 1. The van der Waals surface area contributed by atoms with Crippen molar-refractivity contribution in [2.75, 3.05) is 13.7 Å². The van der Waals surface area contributed by atoms with Crippen LogP contribution in [0, 0.1) is 0 Å². The smallest absolute Gasteiger partial charge is 0.337 e. The summed E-state index contributed by atoms with van der Waals surface area (Å²) in [6, 6.07) is 2.24. The molecule has 1 rings (SSSR count). The minimum Gasteiger partial charge on any atom is -0.478 e. The van der Waals surface area contributed by atoms with Crippen molar-refractivity contribution in [1.82, 2.24) is 0 Å². The van der Waals surface area contributed by atoms with Gasteiger partial charge in [-0.3, -0.25) is 0 Å². The van der Waals surface area contributed by atoms with Crippen LogP contribution < -0.4 is 0 Å². The molecule has 0 radical (unpaired) electrons. The van der Waals surface area contributed by atoms with E-state index in [4.69, 9.17) is 33.0 Å². The van der Waals surface area contributed by atoms with Crippen LogP contribution in [-0.2, 0) is 14.6 Å². The topological polar surface area (TPSA) is 80.7 Å². The van der Waals surface area contributed by atoms with E-state index in [-0.39, 0.29) is 27.1 Å². The maximum absolute atomic E-state index is 12.3. The Morgan fingerprint density at radius 2 is 2.00 bits per heavy atom. The second kappa shape index (κ2) is 6.09. The highest BCUT2D eigenvalue weighted by atomic mass is 35.5. The quantitative estimate of drug-likeness (QED) is 0.899. The molecule has 0 bridgehead atoms. The molecular weight excluding hydrogens is 315 g/mol. The highest BCUT2D eigenvalue weighted by molar-refractivity contribution is 7.92.